The summed E-state index contributed by atoms with van der Waals surface area (Å²) in [5.41, 5.74) is 2.55. The van der Waals surface area contributed by atoms with Crippen molar-refractivity contribution >= 4 is 39.2 Å². The molecule has 2 aromatic carbocycles. The number of benzene rings is 2. The Morgan fingerprint density at radius 1 is 0.968 bits per heavy atom. The zero-order valence-electron chi connectivity index (χ0n) is 17.5. The van der Waals surface area contributed by atoms with Crippen molar-refractivity contribution in [2.24, 2.45) is 0 Å². The second-order valence-corrected chi connectivity index (χ2v) is 9.58. The van der Waals surface area contributed by atoms with Gasteiger partial charge < -0.3 is 10.6 Å². The van der Waals surface area contributed by atoms with Gasteiger partial charge in [-0.3, -0.25) is 0 Å². The van der Waals surface area contributed by atoms with Crippen molar-refractivity contribution in [2.75, 3.05) is 17.2 Å². The maximum Gasteiger partial charge on any atom is 0.131 e. The van der Waals surface area contributed by atoms with Crippen LogP contribution in [-0.4, -0.2) is 22.6 Å². The maximum absolute atomic E-state index is 6.07. The number of aromatic nitrogens is 2. The Morgan fingerprint density at radius 3 is 2.52 bits per heavy atom. The Morgan fingerprint density at radius 2 is 1.74 bits per heavy atom. The molecule has 4 nitrogen and oxygen atoms in total. The molecule has 0 spiro atoms. The smallest absolute Gasteiger partial charge is 0.131 e. The van der Waals surface area contributed by atoms with Gasteiger partial charge in [-0.2, -0.15) is 0 Å². The van der Waals surface area contributed by atoms with Crippen LogP contribution in [0, 0.1) is 0 Å². The Labute approximate surface area is 198 Å². The first-order chi connectivity index (χ1) is 15.2. The second kappa shape index (κ2) is 11.0. The van der Waals surface area contributed by atoms with Gasteiger partial charge in [0.1, 0.15) is 18.0 Å². The Hall–Kier alpha value is -2.11. The number of anilines is 2. The van der Waals surface area contributed by atoms with Gasteiger partial charge in [-0.25, -0.2) is 9.97 Å². The van der Waals surface area contributed by atoms with Crippen LogP contribution in [0.3, 0.4) is 0 Å². The molecule has 2 N–H and O–H groups in total. The molecule has 1 atom stereocenters. The van der Waals surface area contributed by atoms with E-state index in [0.29, 0.717) is 12.0 Å². The van der Waals surface area contributed by atoms with Crippen LogP contribution < -0.4 is 10.6 Å². The van der Waals surface area contributed by atoms with Crippen molar-refractivity contribution in [2.45, 2.75) is 50.5 Å². The van der Waals surface area contributed by atoms with Crippen LogP contribution in [-0.2, 0) is 6.42 Å². The molecule has 0 bridgehead atoms. The summed E-state index contributed by atoms with van der Waals surface area (Å²) in [7, 11) is 0. The number of nitrogens with one attached hydrogen (secondary N) is 2. The predicted molar refractivity (Wildman–Crippen MR) is 133 cm³/mol. The molecule has 1 aliphatic carbocycles. The quantitative estimate of drug-likeness (QED) is 0.348. The van der Waals surface area contributed by atoms with E-state index >= 15 is 0 Å². The van der Waals surface area contributed by atoms with E-state index in [1.807, 2.05) is 18.2 Å². The lowest BCUT2D eigenvalue weighted by Crippen LogP contribution is -2.23. The van der Waals surface area contributed by atoms with Crippen molar-refractivity contribution in [3.05, 3.63) is 81.5 Å². The van der Waals surface area contributed by atoms with Crippen LogP contribution in [0.5, 0.6) is 0 Å². The Balaban J connectivity index is 1.45. The first-order valence-electron chi connectivity index (χ1n) is 11.0. The zero-order valence-corrected chi connectivity index (χ0v) is 19.9. The van der Waals surface area contributed by atoms with Crippen molar-refractivity contribution in [3.8, 4) is 0 Å². The summed E-state index contributed by atoms with van der Waals surface area (Å²) < 4.78 is 1.09. The molecular formula is C25H28BrClN4. The van der Waals surface area contributed by atoms with Crippen molar-refractivity contribution in [3.63, 3.8) is 0 Å². The lowest BCUT2D eigenvalue weighted by molar-refractivity contribution is 0.462. The van der Waals surface area contributed by atoms with Crippen LogP contribution in [0.15, 0.2) is 65.4 Å². The van der Waals surface area contributed by atoms with E-state index in [4.69, 9.17) is 11.6 Å². The molecule has 4 rings (SSSR count). The topological polar surface area (TPSA) is 49.8 Å². The van der Waals surface area contributed by atoms with Crippen LogP contribution in [0.2, 0.25) is 5.02 Å². The van der Waals surface area contributed by atoms with Gasteiger partial charge in [0.2, 0.25) is 0 Å². The zero-order chi connectivity index (χ0) is 21.5. The molecule has 0 unspecified atom stereocenters. The SMILES string of the molecule is Clc1ccc(C[C@H](CNc2cc(NC3CCCCC3)ncn2)c2cccc(Br)c2)cc1. The lowest BCUT2D eigenvalue weighted by atomic mass is 9.92. The van der Waals surface area contributed by atoms with E-state index in [9.17, 15) is 0 Å². The van der Waals surface area contributed by atoms with Gasteiger partial charge in [0, 0.05) is 34.1 Å². The number of rotatable bonds is 8. The summed E-state index contributed by atoms with van der Waals surface area (Å²) >= 11 is 9.68. The molecule has 1 aromatic heterocycles. The van der Waals surface area contributed by atoms with Crippen molar-refractivity contribution in [1.82, 2.24) is 9.97 Å². The minimum atomic E-state index is 0.295. The number of halogens is 2. The van der Waals surface area contributed by atoms with E-state index in [1.54, 1.807) is 6.33 Å². The summed E-state index contributed by atoms with van der Waals surface area (Å²) in [5, 5.41) is 7.89. The Kier molecular flexibility index (Phi) is 7.81. The highest BCUT2D eigenvalue weighted by Crippen LogP contribution is 2.26. The fraction of sp³-hybridized carbons (Fsp3) is 0.360. The van der Waals surface area contributed by atoms with Gasteiger partial charge in [-0.05, 0) is 54.7 Å². The molecule has 0 radical (unpaired) electrons. The Bertz CT molecular complexity index is 973. The minimum Gasteiger partial charge on any atom is -0.369 e. The van der Waals surface area contributed by atoms with Crippen molar-refractivity contribution in [1.29, 1.82) is 0 Å². The average Bonchev–Trinajstić information content (AvgIpc) is 2.79. The molecule has 1 aliphatic rings. The molecule has 3 aromatic rings. The first-order valence-corrected chi connectivity index (χ1v) is 12.2. The molecule has 6 heteroatoms. The summed E-state index contributed by atoms with van der Waals surface area (Å²) in [4.78, 5) is 8.87. The van der Waals surface area contributed by atoms with Gasteiger partial charge in [0.25, 0.3) is 0 Å². The largest absolute Gasteiger partial charge is 0.369 e. The molecule has 0 aliphatic heterocycles. The normalized spacial score (nSPS) is 15.4. The molecule has 0 amide bonds. The van der Waals surface area contributed by atoms with Crippen LogP contribution in [0.25, 0.3) is 0 Å². The maximum atomic E-state index is 6.07. The fourth-order valence-corrected chi connectivity index (χ4v) is 4.73. The van der Waals surface area contributed by atoms with Crippen LogP contribution in [0.4, 0.5) is 11.6 Å². The molecule has 1 saturated carbocycles. The van der Waals surface area contributed by atoms with Gasteiger partial charge >= 0.3 is 0 Å². The second-order valence-electron chi connectivity index (χ2n) is 8.23. The van der Waals surface area contributed by atoms with E-state index in [-0.39, 0.29) is 0 Å². The molecule has 31 heavy (non-hydrogen) atoms. The molecule has 162 valence electrons. The summed E-state index contributed by atoms with van der Waals surface area (Å²) in [5.74, 6) is 2.05. The van der Waals surface area contributed by atoms with Gasteiger partial charge in [-0.1, -0.05) is 71.1 Å². The van der Waals surface area contributed by atoms with Crippen LogP contribution in [0.1, 0.15) is 49.1 Å². The summed E-state index contributed by atoms with van der Waals surface area (Å²) in [6.45, 7) is 0.777. The van der Waals surface area contributed by atoms with E-state index < -0.39 is 0 Å². The average molecular weight is 500 g/mol. The number of nitrogens with zero attached hydrogens (tertiary/aromatic N) is 2. The van der Waals surface area contributed by atoms with Gasteiger partial charge in [0.05, 0.1) is 0 Å². The highest BCUT2D eigenvalue weighted by Gasteiger charge is 2.16. The van der Waals surface area contributed by atoms with E-state index in [1.165, 1.54) is 43.2 Å². The monoisotopic (exact) mass is 498 g/mol. The summed E-state index contributed by atoms with van der Waals surface area (Å²) in [6, 6.07) is 19.2. The van der Waals surface area contributed by atoms with Crippen LogP contribution >= 0.6 is 27.5 Å². The minimum absolute atomic E-state index is 0.295. The molecule has 1 fully saturated rings. The highest BCUT2D eigenvalue weighted by molar-refractivity contribution is 9.10. The van der Waals surface area contributed by atoms with Crippen molar-refractivity contribution < 1.29 is 0 Å². The predicted octanol–water partition coefficient (Wildman–Crippen LogP) is 7.08. The standard InChI is InChI=1S/C25H28BrClN4/c26-21-6-4-5-19(14-21)20(13-18-9-11-22(27)12-10-18)16-28-24-15-25(30-17-29-24)31-23-7-2-1-3-8-23/h4-6,9-12,14-15,17,20,23H,1-3,7-8,13,16H2,(H2,28,29,30,31)/t20-/m1/s1. The first kappa shape index (κ1) is 22.1. The van der Waals surface area contributed by atoms with Gasteiger partial charge in [-0.15, -0.1) is 0 Å². The molecule has 1 heterocycles. The molecular weight excluding hydrogens is 472 g/mol. The number of hydrogen-bond donors (Lipinski definition) is 2. The van der Waals surface area contributed by atoms with Gasteiger partial charge in [0.15, 0.2) is 0 Å². The lowest BCUT2D eigenvalue weighted by Gasteiger charge is -2.23. The van der Waals surface area contributed by atoms with E-state index in [2.05, 4.69) is 72.9 Å². The highest BCUT2D eigenvalue weighted by atomic mass is 79.9. The summed E-state index contributed by atoms with van der Waals surface area (Å²) in [6.07, 6.45) is 8.94. The molecule has 0 saturated heterocycles. The number of hydrogen-bond acceptors (Lipinski definition) is 4. The third-order valence-electron chi connectivity index (χ3n) is 5.87. The third-order valence-corrected chi connectivity index (χ3v) is 6.61. The third kappa shape index (κ3) is 6.68. The van der Waals surface area contributed by atoms with E-state index in [0.717, 1.165) is 34.1 Å². The fourth-order valence-electron chi connectivity index (χ4n) is 4.19.